The Kier molecular flexibility index (Phi) is 17.8. The molecule has 0 radical (unpaired) electrons. The first kappa shape index (κ1) is 54.1. The van der Waals surface area contributed by atoms with Gasteiger partial charge in [0.2, 0.25) is 11.8 Å². The van der Waals surface area contributed by atoms with Gasteiger partial charge in [-0.25, -0.2) is 4.98 Å². The summed E-state index contributed by atoms with van der Waals surface area (Å²) in [4.78, 5) is 62.4. The van der Waals surface area contributed by atoms with Crippen LogP contribution in [-0.4, -0.2) is 111 Å². The number of rotatable bonds is 22. The number of amides is 3. The second-order valence-corrected chi connectivity index (χ2v) is 19.7. The summed E-state index contributed by atoms with van der Waals surface area (Å²) >= 11 is 5.62. The molecule has 2 fully saturated rings. The second-order valence-electron chi connectivity index (χ2n) is 19.4. The Balaban J connectivity index is 0.851. The summed E-state index contributed by atoms with van der Waals surface area (Å²) < 4.78 is 60.3. The highest BCUT2D eigenvalue weighted by molar-refractivity contribution is 7.81. The minimum absolute atomic E-state index is 0.00159. The molecule has 3 heterocycles. The summed E-state index contributed by atoms with van der Waals surface area (Å²) in [6, 6.07) is 17.6. The fourth-order valence-electron chi connectivity index (χ4n) is 8.63. The number of Topliss-reactive ketones (excluding diaryl/α,β-unsaturated/α-hetero) is 1. The maximum atomic E-state index is 14.0. The number of benzene rings is 3. The average Bonchev–Trinajstić information content (AvgIpc) is 3.99. The van der Waals surface area contributed by atoms with Gasteiger partial charge in [-0.15, -0.1) is 0 Å². The van der Waals surface area contributed by atoms with Crippen LogP contribution in [0.25, 0.3) is 11.4 Å². The maximum absolute atomic E-state index is 14.0. The number of β-amino-alcohol motifs (C(OH)–C–C–N with tert-alkyl or cyclic N) is 1. The molecule has 15 nitrogen and oxygen atoms in total. The largest absolute Gasteiger partial charge is 0.494 e. The number of likely N-dealkylation sites (tertiary alicyclic amines) is 1. The molecule has 0 saturated carbocycles. The Morgan fingerprint density at radius 3 is 2.25 bits per heavy atom. The van der Waals surface area contributed by atoms with Crippen molar-refractivity contribution in [2.24, 2.45) is 12.5 Å². The monoisotopic (exact) mass is 1000 g/mol. The summed E-state index contributed by atoms with van der Waals surface area (Å²) in [5, 5.41) is 22.6. The zero-order chi connectivity index (χ0) is 51.7. The number of carbonyl (C=O) groups is 4. The van der Waals surface area contributed by atoms with Gasteiger partial charge in [0.15, 0.2) is 10.9 Å². The zero-order valence-electron chi connectivity index (χ0n) is 41.0. The first-order valence-electron chi connectivity index (χ1n) is 23.7. The number of hydrogen-bond acceptors (Lipinski definition) is 11. The van der Waals surface area contributed by atoms with E-state index in [1.807, 2.05) is 62.8 Å². The van der Waals surface area contributed by atoms with E-state index in [-0.39, 0.29) is 49.2 Å². The Hall–Kier alpha value is -6.20. The second kappa shape index (κ2) is 23.4. The summed E-state index contributed by atoms with van der Waals surface area (Å²) in [5.74, 6) is -0.118. The molecule has 2 N–H and O–H groups in total. The van der Waals surface area contributed by atoms with Crippen LogP contribution in [0, 0.1) is 16.7 Å². The molecule has 380 valence electrons. The van der Waals surface area contributed by atoms with Gasteiger partial charge in [0.05, 0.1) is 41.6 Å². The number of aliphatic hydroxyl groups excluding tert-OH is 1. The topological polar surface area (TPSA) is 180 Å². The van der Waals surface area contributed by atoms with Crippen molar-refractivity contribution >= 4 is 52.2 Å². The molecule has 3 aromatic carbocycles. The molecule has 3 amide bonds. The number of hydrogen-bond donors (Lipinski definition) is 2. The van der Waals surface area contributed by atoms with E-state index >= 15 is 0 Å². The molecule has 0 spiro atoms. The molecule has 2 aliphatic rings. The lowest BCUT2D eigenvalue weighted by molar-refractivity contribution is -0.144. The Bertz CT molecular complexity index is 2570. The molecular weight excluding hydrogens is 940 g/mol. The number of aromatic nitrogens is 2. The Labute approximate surface area is 417 Å². The van der Waals surface area contributed by atoms with Gasteiger partial charge in [-0.05, 0) is 112 Å². The van der Waals surface area contributed by atoms with E-state index in [0.29, 0.717) is 44.1 Å². The molecular formula is C52H62F3N7O8S. The molecule has 1 aromatic heterocycles. The lowest BCUT2D eigenvalue weighted by Gasteiger charge is -2.35. The number of thiocarbonyl (C=S) groups is 1. The van der Waals surface area contributed by atoms with Crippen molar-refractivity contribution in [1.82, 2.24) is 19.8 Å². The van der Waals surface area contributed by atoms with Crippen LogP contribution in [0.4, 0.5) is 24.5 Å². The molecule has 0 aliphatic carbocycles. The van der Waals surface area contributed by atoms with E-state index in [1.165, 1.54) is 11.0 Å². The molecule has 19 heteroatoms. The number of anilines is 2. The number of ether oxygens (including phenoxy) is 3. The Morgan fingerprint density at radius 2 is 1.61 bits per heavy atom. The van der Waals surface area contributed by atoms with Crippen molar-refractivity contribution in [2.45, 2.75) is 109 Å². The fraction of sp³-hybridized carbons (Fsp3) is 0.481. The van der Waals surface area contributed by atoms with Crippen molar-refractivity contribution in [1.29, 1.82) is 5.26 Å². The molecule has 0 unspecified atom stereocenters. The molecule has 0 bridgehead atoms. The van der Waals surface area contributed by atoms with Crippen LogP contribution < -0.4 is 19.9 Å². The lowest BCUT2D eigenvalue weighted by atomic mass is 9.85. The predicted octanol–water partition coefficient (Wildman–Crippen LogP) is 7.56. The molecule has 3 atom stereocenters. The molecule has 2 aliphatic heterocycles. The van der Waals surface area contributed by atoms with E-state index < -0.39 is 64.2 Å². The highest BCUT2D eigenvalue weighted by Crippen LogP contribution is 2.40. The van der Waals surface area contributed by atoms with Crippen LogP contribution in [0.1, 0.15) is 89.8 Å². The van der Waals surface area contributed by atoms with Crippen LogP contribution in [0.5, 0.6) is 5.75 Å². The van der Waals surface area contributed by atoms with Crippen molar-refractivity contribution in [2.75, 3.05) is 49.4 Å². The number of nitrogens with one attached hydrogen (secondary N) is 1. The molecule has 71 heavy (non-hydrogen) atoms. The smallest absolute Gasteiger partial charge is 0.417 e. The van der Waals surface area contributed by atoms with Crippen LogP contribution in [-0.2, 0) is 48.3 Å². The third-order valence-electron chi connectivity index (χ3n) is 12.5. The van der Waals surface area contributed by atoms with Gasteiger partial charge >= 0.3 is 6.18 Å². The predicted molar refractivity (Wildman–Crippen MR) is 264 cm³/mol. The van der Waals surface area contributed by atoms with E-state index in [0.717, 1.165) is 53.2 Å². The van der Waals surface area contributed by atoms with Gasteiger partial charge in [-0.2, -0.15) is 18.4 Å². The summed E-state index contributed by atoms with van der Waals surface area (Å²) in [7, 11) is 1.92. The van der Waals surface area contributed by atoms with Crippen molar-refractivity contribution in [3.63, 3.8) is 0 Å². The van der Waals surface area contributed by atoms with E-state index in [2.05, 4.69) is 10.3 Å². The Morgan fingerprint density at radius 1 is 0.944 bits per heavy atom. The van der Waals surface area contributed by atoms with E-state index in [1.54, 1.807) is 55.3 Å². The number of aryl methyl sites for hydroxylation is 2. The minimum Gasteiger partial charge on any atom is -0.494 e. The SMILES string of the molecule is Cn1ccnc1-c1ccc(CCC(=O)[C@@H]2C[C@@H](O)CN2C(=O)[C@@H](NC(=O)COCCCOCCCCCOc2ccc(N3C(=S)N(c4ccc(C#N)c(C(F)(F)F)c4)C(=O)C3(C)C)cc2)C(C)(C)C)cc1. The number of halogens is 3. The fourth-order valence-corrected chi connectivity index (χ4v) is 9.15. The number of alkyl halides is 3. The number of carbonyl (C=O) groups excluding carboxylic acids is 4. The van der Waals surface area contributed by atoms with Gasteiger partial charge < -0.3 is 39.0 Å². The highest BCUT2D eigenvalue weighted by Gasteiger charge is 2.51. The van der Waals surface area contributed by atoms with Crippen LogP contribution in [0.15, 0.2) is 79.1 Å². The number of aliphatic hydroxyl groups is 1. The van der Waals surface area contributed by atoms with Gasteiger partial charge in [-0.1, -0.05) is 45.0 Å². The number of unbranched alkanes of at least 4 members (excludes halogenated alkanes) is 2. The van der Waals surface area contributed by atoms with Gasteiger partial charge in [-0.3, -0.25) is 24.1 Å². The first-order valence-corrected chi connectivity index (χ1v) is 24.1. The number of imidazole rings is 1. The van der Waals surface area contributed by atoms with Crippen LogP contribution >= 0.6 is 12.2 Å². The normalized spacial score (nSPS) is 17.4. The number of ketones is 1. The standard InChI is InChI=1S/C52H62F3N7O8S/c1-50(2,3)45(47(66)60-32-39(63)30-42(60)43(64)22-13-34-11-14-35(15-12-34)46-57-23-24-59(46)6)58-44(65)33-69-27-10-26-68-25-8-7-9-28-70-40-20-18-37(19-21-40)62-49(71)61(48(67)51(62,4)5)38-17-16-36(31-56)41(29-38)52(53,54)55/h11-12,14-21,23-24,29,39,42,45,63H,7-10,13,22,25-28,30,32-33H2,1-6H3,(H,58,65)/t39-,42+,45-/m1/s1. The molecule has 4 aromatic rings. The molecule has 6 rings (SSSR count). The quantitative estimate of drug-likeness (QED) is 0.0584. The van der Waals surface area contributed by atoms with Crippen LogP contribution in [0.2, 0.25) is 0 Å². The van der Waals surface area contributed by atoms with Gasteiger partial charge in [0.1, 0.15) is 29.8 Å². The minimum atomic E-state index is -4.80. The lowest BCUT2D eigenvalue weighted by Crippen LogP contribution is -2.57. The third-order valence-corrected chi connectivity index (χ3v) is 12.9. The van der Waals surface area contributed by atoms with Crippen molar-refractivity contribution < 1.29 is 51.7 Å². The highest BCUT2D eigenvalue weighted by atomic mass is 32.1. The van der Waals surface area contributed by atoms with E-state index in [9.17, 15) is 42.7 Å². The van der Waals surface area contributed by atoms with Gasteiger partial charge in [0, 0.05) is 69.9 Å². The number of nitriles is 1. The summed E-state index contributed by atoms with van der Waals surface area (Å²) in [6.07, 6.45) is 1.73. The molecule has 2 saturated heterocycles. The van der Waals surface area contributed by atoms with Crippen LogP contribution in [0.3, 0.4) is 0 Å². The maximum Gasteiger partial charge on any atom is 0.417 e. The third kappa shape index (κ3) is 13.4. The first-order chi connectivity index (χ1) is 33.6. The van der Waals surface area contributed by atoms with E-state index in [4.69, 9.17) is 26.4 Å². The van der Waals surface area contributed by atoms with Crippen molar-refractivity contribution in [3.05, 3.63) is 95.8 Å². The zero-order valence-corrected chi connectivity index (χ0v) is 41.8. The number of nitrogens with zero attached hydrogens (tertiary/aromatic N) is 6. The van der Waals surface area contributed by atoms with Crippen molar-refractivity contribution in [3.8, 4) is 23.2 Å². The van der Waals surface area contributed by atoms with Gasteiger partial charge in [0.25, 0.3) is 5.91 Å². The summed E-state index contributed by atoms with van der Waals surface area (Å²) in [5.41, 5.74) is -1.22. The summed E-state index contributed by atoms with van der Waals surface area (Å²) in [6.45, 7) is 10.2. The average molecular weight is 1000 g/mol.